The fourth-order valence-corrected chi connectivity index (χ4v) is 1.87. The molecule has 0 spiro atoms. The van der Waals surface area contributed by atoms with Crippen LogP contribution in [0.3, 0.4) is 0 Å². The quantitative estimate of drug-likeness (QED) is 0.442. The predicted octanol–water partition coefficient (Wildman–Crippen LogP) is 10.5. The summed E-state index contributed by atoms with van der Waals surface area (Å²) in [6.45, 7) is 43.0. The van der Waals surface area contributed by atoms with Crippen LogP contribution in [0.25, 0.3) is 0 Å². The van der Waals surface area contributed by atoms with Crippen molar-refractivity contribution in [2.24, 2.45) is 39.4 Å². The zero-order chi connectivity index (χ0) is 23.4. The van der Waals surface area contributed by atoms with Gasteiger partial charge in [0.15, 0.2) is 0 Å². The van der Waals surface area contributed by atoms with E-state index in [-0.39, 0.29) is 0 Å². The second kappa shape index (κ2) is 14.1. The molecule has 0 saturated carbocycles. The molecule has 1 atom stereocenters. The van der Waals surface area contributed by atoms with Gasteiger partial charge in [0, 0.05) is 0 Å². The monoisotopic (exact) mass is 386 g/mol. The van der Waals surface area contributed by atoms with E-state index in [0.717, 1.165) is 17.8 Å². The molecule has 0 amide bonds. The van der Waals surface area contributed by atoms with E-state index in [1.54, 1.807) is 0 Å². The predicted molar refractivity (Wildman–Crippen MR) is 133 cm³/mol. The van der Waals surface area contributed by atoms with Crippen LogP contribution in [0.5, 0.6) is 0 Å². The van der Waals surface area contributed by atoms with E-state index in [1.807, 2.05) is 13.8 Å². The fourth-order valence-electron chi connectivity index (χ4n) is 1.87. The van der Waals surface area contributed by atoms with Crippen LogP contribution in [0.2, 0.25) is 0 Å². The van der Waals surface area contributed by atoms with E-state index in [1.165, 1.54) is 6.42 Å². The van der Waals surface area contributed by atoms with Gasteiger partial charge in [0.05, 0.1) is 0 Å². The summed E-state index contributed by atoms with van der Waals surface area (Å²) in [5.41, 5.74) is 1.88. The average Bonchev–Trinajstić information content (AvgIpc) is 2.46. The molecule has 1 unspecified atom stereocenters. The minimum absolute atomic E-state index is 0.418. The van der Waals surface area contributed by atoms with Crippen molar-refractivity contribution in [3.05, 3.63) is 0 Å². The van der Waals surface area contributed by atoms with E-state index in [2.05, 4.69) is 118 Å². The van der Waals surface area contributed by atoms with E-state index in [0.29, 0.717) is 21.7 Å². The molecule has 170 valence electrons. The highest BCUT2D eigenvalue weighted by Gasteiger charge is 2.35. The van der Waals surface area contributed by atoms with Crippen LogP contribution in [0.4, 0.5) is 0 Å². The largest absolute Gasteiger partial charge is 0.0683 e. The molecule has 0 aliphatic heterocycles. The van der Waals surface area contributed by atoms with Crippen molar-refractivity contribution in [3.63, 3.8) is 0 Å². The van der Waals surface area contributed by atoms with E-state index in [4.69, 9.17) is 0 Å². The topological polar surface area (TPSA) is 0 Å². The van der Waals surface area contributed by atoms with Crippen molar-refractivity contribution in [3.8, 4) is 0 Å². The molecule has 0 N–H and O–H groups in total. The number of hydrogen-bond acceptors (Lipinski definition) is 0. The van der Waals surface area contributed by atoms with Crippen LogP contribution >= 0.6 is 0 Å². The van der Waals surface area contributed by atoms with Gasteiger partial charge in [0.1, 0.15) is 0 Å². The lowest BCUT2D eigenvalue weighted by Gasteiger charge is -2.42. The Bertz CT molecular complexity index is 309. The molecule has 0 radical (unpaired) electrons. The summed E-state index contributed by atoms with van der Waals surface area (Å²) in [4.78, 5) is 0. The second-order valence-corrected chi connectivity index (χ2v) is 12.4. The highest BCUT2D eigenvalue weighted by Crippen LogP contribution is 2.43. The maximum absolute atomic E-state index is 2.34. The molecule has 0 heterocycles. The molecule has 0 nitrogen and oxygen atoms in total. The van der Waals surface area contributed by atoms with Crippen LogP contribution in [0.15, 0.2) is 0 Å². The van der Waals surface area contributed by atoms with Crippen LogP contribution in [-0.4, -0.2) is 0 Å². The van der Waals surface area contributed by atoms with Gasteiger partial charge in [-0.2, -0.15) is 0 Å². The highest BCUT2D eigenvalue weighted by atomic mass is 14.4. The molecular weight excluding hydrogens is 324 g/mol. The molecule has 0 saturated heterocycles. The Kier molecular flexibility index (Phi) is 18.0. The first kappa shape index (κ1) is 34.5. The third-order valence-corrected chi connectivity index (χ3v) is 6.80. The molecule has 0 aliphatic rings. The van der Waals surface area contributed by atoms with Crippen molar-refractivity contribution in [2.75, 3.05) is 0 Å². The third-order valence-electron chi connectivity index (χ3n) is 6.80. The van der Waals surface area contributed by atoms with Crippen LogP contribution in [-0.2, 0) is 0 Å². The summed E-state index contributed by atoms with van der Waals surface area (Å²) in [5.74, 6) is 2.38. The first-order chi connectivity index (χ1) is 11.6. The Morgan fingerprint density at radius 2 is 0.852 bits per heavy atom. The van der Waals surface area contributed by atoms with Gasteiger partial charge >= 0.3 is 0 Å². The maximum Gasteiger partial charge on any atom is -0.0283 e. The van der Waals surface area contributed by atoms with Gasteiger partial charge in [0.25, 0.3) is 0 Å². The van der Waals surface area contributed by atoms with Crippen molar-refractivity contribution < 1.29 is 0 Å². The second-order valence-electron chi connectivity index (χ2n) is 12.4. The lowest BCUT2D eigenvalue weighted by molar-refractivity contribution is 0.0737. The molecule has 0 aromatic rings. The zero-order valence-electron chi connectivity index (χ0n) is 23.4. The smallest absolute Gasteiger partial charge is 0.0283 e. The van der Waals surface area contributed by atoms with Crippen LogP contribution < -0.4 is 0 Å². The molecule has 0 aliphatic carbocycles. The normalized spacial score (nSPS) is 13.7. The SMILES string of the molecule is CC.CC(C)C(C)(C)C(C)(C)C.CC(C)C(C)C(C)(C)C.CCC(C)(C)C. The van der Waals surface area contributed by atoms with Gasteiger partial charge in [-0.05, 0) is 39.4 Å². The Morgan fingerprint density at radius 1 is 0.593 bits per heavy atom. The van der Waals surface area contributed by atoms with Gasteiger partial charge in [-0.1, -0.05) is 138 Å². The van der Waals surface area contributed by atoms with Gasteiger partial charge in [-0.3, -0.25) is 0 Å². The van der Waals surface area contributed by atoms with E-state index in [9.17, 15) is 0 Å². The van der Waals surface area contributed by atoms with Gasteiger partial charge in [-0.15, -0.1) is 0 Å². The molecule has 27 heavy (non-hydrogen) atoms. The minimum Gasteiger partial charge on any atom is -0.0683 e. The van der Waals surface area contributed by atoms with Crippen molar-refractivity contribution in [2.45, 2.75) is 138 Å². The van der Waals surface area contributed by atoms with Crippen LogP contribution in [0, 0.1) is 39.4 Å². The summed E-state index contributed by atoms with van der Waals surface area (Å²) >= 11 is 0. The first-order valence-corrected chi connectivity index (χ1v) is 11.6. The Balaban J connectivity index is -0.000000144. The molecule has 0 aromatic heterocycles. The summed E-state index contributed by atoms with van der Waals surface area (Å²) in [5, 5.41) is 0. The standard InChI is InChI=1S/C10H22.C9H20.C6H14.C2H6/c1-8(2)10(6,7)9(3,4)5;1-7(2)8(3)9(4,5)6;1-5-6(2,3)4;1-2/h8H,1-7H3;7-8H,1-6H3;5H2,1-4H3;1-2H3. The third kappa shape index (κ3) is 19.1. The lowest BCUT2D eigenvalue weighted by atomic mass is 9.63. The number of hydrogen-bond donors (Lipinski definition) is 0. The van der Waals surface area contributed by atoms with Crippen molar-refractivity contribution >= 4 is 0 Å². The Hall–Kier alpha value is 0. The van der Waals surface area contributed by atoms with Gasteiger partial charge < -0.3 is 0 Å². The molecule has 0 rings (SSSR count). The zero-order valence-corrected chi connectivity index (χ0v) is 23.4. The summed E-state index contributed by atoms with van der Waals surface area (Å²) in [7, 11) is 0. The molecule has 0 heteroatoms. The minimum atomic E-state index is 0.418. The summed E-state index contributed by atoms with van der Waals surface area (Å²) < 4.78 is 0. The number of rotatable bonds is 2. The lowest BCUT2D eigenvalue weighted by Crippen LogP contribution is -2.34. The Labute approximate surface area is 177 Å². The van der Waals surface area contributed by atoms with Gasteiger partial charge in [-0.25, -0.2) is 0 Å². The molecule has 0 fully saturated rings. The van der Waals surface area contributed by atoms with Crippen LogP contribution in [0.1, 0.15) is 138 Å². The molecular formula is C27H62. The summed E-state index contributed by atoms with van der Waals surface area (Å²) in [6, 6.07) is 0. The van der Waals surface area contributed by atoms with E-state index < -0.39 is 0 Å². The van der Waals surface area contributed by atoms with E-state index >= 15 is 0 Å². The van der Waals surface area contributed by atoms with Gasteiger partial charge in [0.2, 0.25) is 0 Å². The highest BCUT2D eigenvalue weighted by molar-refractivity contribution is 4.84. The first-order valence-electron chi connectivity index (χ1n) is 11.6. The molecule has 0 aromatic carbocycles. The maximum atomic E-state index is 2.34. The summed E-state index contributed by atoms with van der Waals surface area (Å²) in [6.07, 6.45) is 1.27. The van der Waals surface area contributed by atoms with Crippen molar-refractivity contribution in [1.82, 2.24) is 0 Å². The van der Waals surface area contributed by atoms with Crippen molar-refractivity contribution in [1.29, 1.82) is 0 Å². The Morgan fingerprint density at radius 3 is 0.852 bits per heavy atom. The molecule has 0 bridgehead atoms. The average molecular weight is 387 g/mol. The fraction of sp³-hybridized carbons (Fsp3) is 1.00.